The Morgan fingerprint density at radius 1 is 1.06 bits per heavy atom. The average molecular weight is 424 g/mol. The summed E-state index contributed by atoms with van der Waals surface area (Å²) in [6.45, 7) is 3.00. The highest BCUT2D eigenvalue weighted by molar-refractivity contribution is 5.75. The Morgan fingerprint density at radius 3 is 2.61 bits per heavy atom. The number of benzene rings is 2. The first-order valence-electron chi connectivity index (χ1n) is 11.6. The summed E-state index contributed by atoms with van der Waals surface area (Å²) >= 11 is 0. The lowest BCUT2D eigenvalue weighted by molar-refractivity contribution is -0.120. The highest BCUT2D eigenvalue weighted by atomic mass is 16.5. The van der Waals surface area contributed by atoms with Gasteiger partial charge in [-0.15, -0.1) is 0 Å². The zero-order valence-corrected chi connectivity index (χ0v) is 19.0. The van der Waals surface area contributed by atoms with Crippen molar-refractivity contribution in [2.75, 3.05) is 27.2 Å². The molecule has 0 bridgehead atoms. The minimum atomic E-state index is 0.140. The molecule has 1 aliphatic heterocycles. The summed E-state index contributed by atoms with van der Waals surface area (Å²) in [5.41, 5.74) is 2.58. The van der Waals surface area contributed by atoms with E-state index in [1.165, 1.54) is 24.0 Å². The molecule has 0 aromatic heterocycles. The van der Waals surface area contributed by atoms with Crippen LogP contribution in [0.15, 0.2) is 54.6 Å². The van der Waals surface area contributed by atoms with Crippen LogP contribution in [0.25, 0.3) is 0 Å². The molecule has 0 unspecified atom stereocenters. The third-order valence-corrected chi connectivity index (χ3v) is 6.25. The first kappa shape index (κ1) is 23.3. The van der Waals surface area contributed by atoms with Crippen LogP contribution in [0, 0.1) is 0 Å². The zero-order chi connectivity index (χ0) is 21.9. The number of piperidine rings is 1. The summed E-state index contributed by atoms with van der Waals surface area (Å²) in [6, 6.07) is 19.9. The number of amides is 1. The van der Waals surface area contributed by atoms with Gasteiger partial charge in [0.1, 0.15) is 5.75 Å². The predicted octanol–water partition coefficient (Wildman–Crippen LogP) is 4.30. The number of carbonyl (C=O) groups is 1. The van der Waals surface area contributed by atoms with E-state index in [1.807, 2.05) is 12.1 Å². The highest BCUT2D eigenvalue weighted by Gasteiger charge is 2.32. The molecule has 2 aromatic carbocycles. The van der Waals surface area contributed by atoms with Gasteiger partial charge in [0.15, 0.2) is 0 Å². The van der Waals surface area contributed by atoms with Gasteiger partial charge in [0.2, 0.25) is 5.91 Å². The van der Waals surface area contributed by atoms with Crippen LogP contribution in [-0.2, 0) is 11.3 Å². The topological polar surface area (TPSA) is 53.6 Å². The van der Waals surface area contributed by atoms with E-state index in [-0.39, 0.29) is 5.91 Å². The molecule has 2 aromatic rings. The molecule has 1 saturated heterocycles. The van der Waals surface area contributed by atoms with Crippen molar-refractivity contribution in [3.63, 3.8) is 0 Å². The van der Waals surface area contributed by atoms with Crippen LogP contribution in [0.5, 0.6) is 5.75 Å². The van der Waals surface area contributed by atoms with Crippen LogP contribution >= 0.6 is 0 Å². The normalized spacial score (nSPS) is 19.2. The molecule has 2 atom stereocenters. The predicted molar refractivity (Wildman–Crippen MR) is 126 cm³/mol. The molecule has 1 amide bonds. The fraction of sp³-hybridized carbons (Fsp3) is 0.500. The number of nitrogens with zero attached hydrogens (tertiary/aromatic N) is 1. The minimum Gasteiger partial charge on any atom is -0.496 e. The van der Waals surface area contributed by atoms with E-state index < -0.39 is 0 Å². The van der Waals surface area contributed by atoms with Crippen molar-refractivity contribution in [3.05, 3.63) is 65.7 Å². The standard InChI is InChI=1S/C26H37N3O2/c1-27-25(30)17-7-4-10-18-29-19-11-15-23(26(29)21-12-5-3-6-13-21)28-20-22-14-8-9-16-24(22)31-2/h3,5-6,8-9,12-14,16,23,26,28H,4,7,10-11,15,17-20H2,1-2H3,(H,27,30)/t23-,26-/m0/s1. The number of para-hydroxylation sites is 1. The van der Waals surface area contributed by atoms with Gasteiger partial charge in [0, 0.05) is 31.6 Å². The molecule has 5 nitrogen and oxygen atoms in total. The van der Waals surface area contributed by atoms with Gasteiger partial charge in [0.25, 0.3) is 0 Å². The highest BCUT2D eigenvalue weighted by Crippen LogP contribution is 2.32. The van der Waals surface area contributed by atoms with Gasteiger partial charge < -0.3 is 15.4 Å². The summed E-state index contributed by atoms with van der Waals surface area (Å²) in [6.07, 6.45) is 6.16. The smallest absolute Gasteiger partial charge is 0.219 e. The maximum Gasteiger partial charge on any atom is 0.219 e. The van der Waals surface area contributed by atoms with Crippen LogP contribution in [-0.4, -0.2) is 44.1 Å². The second-order valence-electron chi connectivity index (χ2n) is 8.32. The molecule has 0 radical (unpaired) electrons. The van der Waals surface area contributed by atoms with Gasteiger partial charge in [-0.1, -0.05) is 55.0 Å². The Balaban J connectivity index is 1.64. The largest absolute Gasteiger partial charge is 0.496 e. The molecular weight excluding hydrogens is 386 g/mol. The summed E-state index contributed by atoms with van der Waals surface area (Å²) in [4.78, 5) is 14.1. The maximum absolute atomic E-state index is 11.5. The van der Waals surface area contributed by atoms with Gasteiger partial charge in [-0.2, -0.15) is 0 Å². The molecule has 1 fully saturated rings. The molecule has 0 aliphatic carbocycles. The summed E-state index contributed by atoms with van der Waals surface area (Å²) in [5, 5.41) is 6.55. The van der Waals surface area contributed by atoms with E-state index >= 15 is 0 Å². The number of hydrogen-bond acceptors (Lipinski definition) is 4. The Kier molecular flexibility index (Phi) is 9.38. The van der Waals surface area contributed by atoms with E-state index in [9.17, 15) is 4.79 Å². The number of hydrogen-bond donors (Lipinski definition) is 2. The summed E-state index contributed by atoms with van der Waals surface area (Å²) in [5.74, 6) is 1.08. The van der Waals surface area contributed by atoms with Gasteiger partial charge in [0.05, 0.1) is 13.2 Å². The summed E-state index contributed by atoms with van der Waals surface area (Å²) < 4.78 is 5.54. The quantitative estimate of drug-likeness (QED) is 0.529. The maximum atomic E-state index is 11.5. The molecule has 1 aliphatic rings. The molecule has 1 heterocycles. The number of unbranched alkanes of at least 4 members (excludes halogenated alkanes) is 2. The molecule has 0 spiro atoms. The minimum absolute atomic E-state index is 0.140. The van der Waals surface area contributed by atoms with Crippen molar-refractivity contribution in [1.29, 1.82) is 0 Å². The summed E-state index contributed by atoms with van der Waals surface area (Å²) in [7, 11) is 3.44. The molecule has 0 saturated carbocycles. The van der Waals surface area contributed by atoms with Crippen LogP contribution < -0.4 is 15.4 Å². The lowest BCUT2D eigenvalue weighted by atomic mass is 9.89. The zero-order valence-electron chi connectivity index (χ0n) is 19.0. The Morgan fingerprint density at radius 2 is 1.84 bits per heavy atom. The van der Waals surface area contributed by atoms with E-state index in [0.29, 0.717) is 18.5 Å². The first-order valence-corrected chi connectivity index (χ1v) is 11.6. The molecule has 31 heavy (non-hydrogen) atoms. The van der Waals surface area contributed by atoms with Gasteiger partial charge >= 0.3 is 0 Å². The van der Waals surface area contributed by atoms with Crippen molar-refractivity contribution in [2.24, 2.45) is 0 Å². The molecule has 2 N–H and O–H groups in total. The van der Waals surface area contributed by atoms with Crippen molar-refractivity contribution in [3.8, 4) is 5.75 Å². The van der Waals surface area contributed by atoms with Crippen molar-refractivity contribution in [1.82, 2.24) is 15.5 Å². The SMILES string of the molecule is CNC(=O)CCCCCN1CCC[C@H](NCc2ccccc2OC)[C@@H]1c1ccccc1. The second kappa shape index (κ2) is 12.5. The fourth-order valence-electron chi connectivity index (χ4n) is 4.62. The molecule has 168 valence electrons. The molecule has 3 rings (SSSR count). The molecular formula is C26H37N3O2. The number of likely N-dealkylation sites (tertiary alicyclic amines) is 1. The number of nitrogens with one attached hydrogen (secondary N) is 2. The van der Waals surface area contributed by atoms with Crippen molar-refractivity contribution >= 4 is 5.91 Å². The third kappa shape index (κ3) is 6.81. The lowest BCUT2D eigenvalue weighted by Crippen LogP contribution is -2.48. The van der Waals surface area contributed by atoms with Crippen LogP contribution in [0.1, 0.15) is 55.7 Å². The Labute approximate surface area is 187 Å². The van der Waals surface area contributed by atoms with Crippen LogP contribution in [0.3, 0.4) is 0 Å². The van der Waals surface area contributed by atoms with E-state index in [4.69, 9.17) is 4.74 Å². The first-order chi connectivity index (χ1) is 15.2. The third-order valence-electron chi connectivity index (χ3n) is 6.25. The van der Waals surface area contributed by atoms with Gasteiger partial charge in [-0.25, -0.2) is 0 Å². The van der Waals surface area contributed by atoms with Crippen LogP contribution in [0.4, 0.5) is 0 Å². The van der Waals surface area contributed by atoms with Crippen LogP contribution in [0.2, 0.25) is 0 Å². The fourth-order valence-corrected chi connectivity index (χ4v) is 4.62. The number of rotatable bonds is 11. The van der Waals surface area contributed by atoms with Gasteiger partial charge in [-0.05, 0) is 50.4 Å². The Hall–Kier alpha value is -2.37. The van der Waals surface area contributed by atoms with Gasteiger partial charge in [-0.3, -0.25) is 9.69 Å². The second-order valence-corrected chi connectivity index (χ2v) is 8.32. The molecule has 5 heteroatoms. The lowest BCUT2D eigenvalue weighted by Gasteiger charge is -2.42. The van der Waals surface area contributed by atoms with E-state index in [1.54, 1.807) is 14.2 Å². The average Bonchev–Trinajstić information content (AvgIpc) is 2.83. The number of methoxy groups -OCH3 is 1. The van der Waals surface area contributed by atoms with E-state index in [2.05, 4.69) is 58.0 Å². The van der Waals surface area contributed by atoms with Crippen molar-refractivity contribution in [2.45, 2.75) is 57.2 Å². The number of carbonyl (C=O) groups excluding carboxylic acids is 1. The Bertz CT molecular complexity index is 796. The van der Waals surface area contributed by atoms with E-state index in [0.717, 1.165) is 44.6 Å². The number of ether oxygens (including phenoxy) is 1. The monoisotopic (exact) mass is 423 g/mol. The van der Waals surface area contributed by atoms with Crippen molar-refractivity contribution < 1.29 is 9.53 Å².